The van der Waals surface area contributed by atoms with Gasteiger partial charge in [0.2, 0.25) is 5.75 Å². The molecular formula is C11H10N4O4. The van der Waals surface area contributed by atoms with Crippen LogP contribution in [0.3, 0.4) is 0 Å². The summed E-state index contributed by atoms with van der Waals surface area (Å²) in [5.41, 5.74) is -0.700. The molecule has 1 amide bonds. The molecule has 8 nitrogen and oxygen atoms in total. The van der Waals surface area contributed by atoms with Gasteiger partial charge in [0, 0.05) is 25.4 Å². The average molecular weight is 262 g/mol. The van der Waals surface area contributed by atoms with E-state index < -0.39 is 22.3 Å². The van der Waals surface area contributed by atoms with Crippen molar-refractivity contribution in [2.45, 2.75) is 0 Å². The number of anilines is 1. The van der Waals surface area contributed by atoms with E-state index >= 15 is 0 Å². The van der Waals surface area contributed by atoms with Crippen molar-refractivity contribution in [1.82, 2.24) is 9.78 Å². The van der Waals surface area contributed by atoms with Crippen LogP contribution in [0, 0.1) is 10.1 Å². The number of nitro benzene ring substituents is 1. The number of nitrogens with zero attached hydrogens (tertiary/aromatic N) is 3. The summed E-state index contributed by atoms with van der Waals surface area (Å²) < 4.78 is 1.49. The number of amides is 1. The van der Waals surface area contributed by atoms with Crippen LogP contribution in [-0.4, -0.2) is 25.7 Å². The van der Waals surface area contributed by atoms with Gasteiger partial charge >= 0.3 is 5.69 Å². The maximum atomic E-state index is 11.9. The summed E-state index contributed by atoms with van der Waals surface area (Å²) in [5, 5.41) is 26.7. The molecule has 0 fully saturated rings. The molecular weight excluding hydrogens is 252 g/mol. The minimum absolute atomic E-state index is 0.181. The Labute approximate surface area is 107 Å². The first-order chi connectivity index (χ1) is 8.99. The van der Waals surface area contributed by atoms with E-state index in [-0.39, 0.29) is 5.56 Å². The highest BCUT2D eigenvalue weighted by molar-refractivity contribution is 6.06. The Hall–Kier alpha value is -2.90. The number of nitro groups is 1. The molecule has 0 aliphatic rings. The van der Waals surface area contributed by atoms with Crippen molar-refractivity contribution in [3.63, 3.8) is 0 Å². The maximum absolute atomic E-state index is 11.9. The standard InChI is InChI=1S/C11H10N4O4/c1-14-6-5-9(13-14)12-11(17)7-3-2-4-8(10(7)16)15(18)19/h2-6,16H,1H3,(H,12,13,17). The fourth-order valence-electron chi connectivity index (χ4n) is 1.53. The number of carbonyl (C=O) groups is 1. The Morgan fingerprint density at radius 1 is 1.47 bits per heavy atom. The van der Waals surface area contributed by atoms with E-state index in [1.807, 2.05) is 0 Å². The van der Waals surface area contributed by atoms with Crippen molar-refractivity contribution in [3.8, 4) is 5.75 Å². The molecule has 19 heavy (non-hydrogen) atoms. The fraction of sp³-hybridized carbons (Fsp3) is 0.0909. The number of hydrogen-bond donors (Lipinski definition) is 2. The number of hydrogen-bond acceptors (Lipinski definition) is 5. The third kappa shape index (κ3) is 2.51. The van der Waals surface area contributed by atoms with Crippen LogP contribution in [0.25, 0.3) is 0 Å². The van der Waals surface area contributed by atoms with Crippen LogP contribution in [-0.2, 0) is 7.05 Å². The van der Waals surface area contributed by atoms with Crippen LogP contribution in [0.15, 0.2) is 30.5 Å². The second-order valence-electron chi connectivity index (χ2n) is 3.76. The second kappa shape index (κ2) is 4.77. The fourth-order valence-corrected chi connectivity index (χ4v) is 1.53. The summed E-state index contributed by atoms with van der Waals surface area (Å²) in [6.45, 7) is 0. The zero-order valence-corrected chi connectivity index (χ0v) is 9.90. The topological polar surface area (TPSA) is 110 Å². The third-order valence-corrected chi connectivity index (χ3v) is 2.41. The molecule has 0 spiro atoms. The summed E-state index contributed by atoms with van der Waals surface area (Å²) in [7, 11) is 1.68. The van der Waals surface area contributed by atoms with Gasteiger partial charge in [-0.3, -0.25) is 19.6 Å². The van der Waals surface area contributed by atoms with Crippen LogP contribution in [0.1, 0.15) is 10.4 Å². The van der Waals surface area contributed by atoms with Gasteiger partial charge in [-0.25, -0.2) is 0 Å². The summed E-state index contributed by atoms with van der Waals surface area (Å²) in [5.74, 6) is -1.04. The Morgan fingerprint density at radius 2 is 2.21 bits per heavy atom. The molecule has 8 heteroatoms. The summed E-state index contributed by atoms with van der Waals surface area (Å²) in [6.07, 6.45) is 1.63. The molecule has 2 aromatic rings. The van der Waals surface area contributed by atoms with Crippen molar-refractivity contribution in [2.75, 3.05) is 5.32 Å². The Bertz CT molecular complexity index is 650. The van der Waals surface area contributed by atoms with Gasteiger partial charge in [0.1, 0.15) is 0 Å². The Morgan fingerprint density at radius 3 is 2.79 bits per heavy atom. The van der Waals surface area contributed by atoms with Crippen molar-refractivity contribution >= 4 is 17.4 Å². The smallest absolute Gasteiger partial charge is 0.311 e. The first kappa shape index (κ1) is 12.6. The highest BCUT2D eigenvalue weighted by Gasteiger charge is 2.21. The molecule has 1 heterocycles. The zero-order chi connectivity index (χ0) is 14.0. The lowest BCUT2D eigenvalue weighted by Crippen LogP contribution is -2.13. The van der Waals surface area contributed by atoms with Crippen molar-refractivity contribution < 1.29 is 14.8 Å². The van der Waals surface area contributed by atoms with Crippen LogP contribution in [0.4, 0.5) is 11.5 Å². The Balaban J connectivity index is 2.29. The van der Waals surface area contributed by atoms with Gasteiger partial charge in [-0.1, -0.05) is 6.07 Å². The van der Waals surface area contributed by atoms with Gasteiger partial charge in [-0.2, -0.15) is 5.10 Å². The normalized spacial score (nSPS) is 10.2. The van der Waals surface area contributed by atoms with Gasteiger partial charge in [-0.05, 0) is 6.07 Å². The van der Waals surface area contributed by atoms with Gasteiger partial charge in [-0.15, -0.1) is 0 Å². The molecule has 0 aliphatic carbocycles. The molecule has 1 aromatic heterocycles. The second-order valence-corrected chi connectivity index (χ2v) is 3.76. The first-order valence-corrected chi connectivity index (χ1v) is 5.26. The van der Waals surface area contributed by atoms with Crippen LogP contribution < -0.4 is 5.32 Å². The van der Waals surface area contributed by atoms with Gasteiger partial charge in [0.25, 0.3) is 5.91 Å². The first-order valence-electron chi connectivity index (χ1n) is 5.26. The highest BCUT2D eigenvalue weighted by atomic mass is 16.6. The van der Waals surface area contributed by atoms with E-state index in [0.717, 1.165) is 6.07 Å². The number of rotatable bonds is 3. The number of phenols is 1. The monoisotopic (exact) mass is 262 g/mol. The molecule has 2 rings (SSSR count). The SMILES string of the molecule is Cn1ccc(NC(=O)c2cccc([N+](=O)[O-])c2O)n1. The molecule has 98 valence electrons. The maximum Gasteiger partial charge on any atom is 0.311 e. The number of para-hydroxylation sites is 1. The number of aromatic nitrogens is 2. The van der Waals surface area contributed by atoms with E-state index in [0.29, 0.717) is 5.82 Å². The number of benzene rings is 1. The number of aromatic hydroxyl groups is 1. The van der Waals surface area contributed by atoms with E-state index in [2.05, 4.69) is 10.4 Å². The minimum Gasteiger partial charge on any atom is -0.502 e. The highest BCUT2D eigenvalue weighted by Crippen LogP contribution is 2.29. The van der Waals surface area contributed by atoms with Crippen molar-refractivity contribution in [1.29, 1.82) is 0 Å². The average Bonchev–Trinajstić information content (AvgIpc) is 2.74. The predicted molar refractivity (Wildman–Crippen MR) is 65.9 cm³/mol. The molecule has 1 aromatic carbocycles. The zero-order valence-electron chi connectivity index (χ0n) is 9.90. The van der Waals surface area contributed by atoms with Crippen LogP contribution in [0.5, 0.6) is 5.75 Å². The molecule has 2 N–H and O–H groups in total. The molecule has 0 saturated heterocycles. The minimum atomic E-state index is -0.757. The van der Waals surface area contributed by atoms with Crippen LogP contribution >= 0.6 is 0 Å². The van der Waals surface area contributed by atoms with Crippen LogP contribution in [0.2, 0.25) is 0 Å². The largest absolute Gasteiger partial charge is 0.502 e. The van der Waals surface area contributed by atoms with E-state index in [1.54, 1.807) is 19.3 Å². The number of aryl methyl sites for hydroxylation is 1. The molecule has 0 radical (unpaired) electrons. The lowest BCUT2D eigenvalue weighted by atomic mass is 10.1. The quantitative estimate of drug-likeness (QED) is 0.639. The molecule has 0 unspecified atom stereocenters. The van der Waals surface area contributed by atoms with Crippen molar-refractivity contribution in [2.24, 2.45) is 7.05 Å². The third-order valence-electron chi connectivity index (χ3n) is 2.41. The summed E-state index contributed by atoms with van der Waals surface area (Å²) >= 11 is 0. The van der Waals surface area contributed by atoms with Gasteiger partial charge in [0.05, 0.1) is 10.5 Å². The molecule has 0 saturated carbocycles. The number of carbonyl (C=O) groups excluding carboxylic acids is 1. The predicted octanol–water partition coefficient (Wildman–Crippen LogP) is 1.29. The lowest BCUT2D eigenvalue weighted by molar-refractivity contribution is -0.385. The summed E-state index contributed by atoms with van der Waals surface area (Å²) in [6, 6.07) is 5.30. The molecule has 0 aliphatic heterocycles. The molecule has 0 bridgehead atoms. The Kier molecular flexibility index (Phi) is 3.15. The van der Waals surface area contributed by atoms with Gasteiger partial charge < -0.3 is 10.4 Å². The van der Waals surface area contributed by atoms with E-state index in [1.165, 1.54) is 16.8 Å². The van der Waals surface area contributed by atoms with Crippen molar-refractivity contribution in [3.05, 3.63) is 46.1 Å². The van der Waals surface area contributed by atoms with E-state index in [9.17, 15) is 20.0 Å². The molecule has 0 atom stereocenters. The summed E-state index contributed by atoms with van der Waals surface area (Å²) in [4.78, 5) is 21.8. The van der Waals surface area contributed by atoms with Gasteiger partial charge in [0.15, 0.2) is 5.82 Å². The number of phenolic OH excluding ortho intramolecular Hbond substituents is 1. The number of nitrogens with one attached hydrogen (secondary N) is 1. The van der Waals surface area contributed by atoms with E-state index in [4.69, 9.17) is 0 Å². The lowest BCUT2D eigenvalue weighted by Gasteiger charge is -2.04.